The molecular formula is C27H23N3O7. The first kappa shape index (κ1) is 24.0. The second kappa shape index (κ2) is 8.44. The molecule has 0 radical (unpaired) electrons. The Bertz CT molecular complexity index is 1570. The molecule has 37 heavy (non-hydrogen) atoms. The maximum Gasteiger partial charge on any atom is 0.257 e. The van der Waals surface area contributed by atoms with E-state index in [0.29, 0.717) is 11.7 Å². The van der Waals surface area contributed by atoms with Crippen LogP contribution in [0.2, 0.25) is 0 Å². The molecule has 3 N–H and O–H groups in total. The highest BCUT2D eigenvalue weighted by molar-refractivity contribution is 6.31. The Morgan fingerprint density at radius 2 is 1.81 bits per heavy atom. The molecule has 5 rings (SSSR count). The Kier molecular flexibility index (Phi) is 5.47. The maximum atomic E-state index is 13.8. The Morgan fingerprint density at radius 3 is 2.49 bits per heavy atom. The van der Waals surface area contributed by atoms with E-state index >= 15 is 0 Å². The number of aromatic nitrogens is 2. The molecule has 1 aliphatic carbocycles. The predicted octanol–water partition coefficient (Wildman–Crippen LogP) is 3.41. The van der Waals surface area contributed by atoms with E-state index < -0.39 is 28.5 Å². The molecule has 188 valence electrons. The summed E-state index contributed by atoms with van der Waals surface area (Å²) >= 11 is 0. The van der Waals surface area contributed by atoms with Gasteiger partial charge in [0.25, 0.3) is 5.89 Å². The number of benzene rings is 2. The van der Waals surface area contributed by atoms with E-state index in [2.05, 4.69) is 15.5 Å². The van der Waals surface area contributed by atoms with Crippen molar-refractivity contribution in [1.29, 1.82) is 0 Å². The maximum absolute atomic E-state index is 13.8. The second-order valence-electron chi connectivity index (χ2n) is 9.12. The fourth-order valence-electron chi connectivity index (χ4n) is 4.69. The van der Waals surface area contributed by atoms with Crippen LogP contribution in [0.3, 0.4) is 0 Å². The van der Waals surface area contributed by atoms with E-state index in [1.165, 1.54) is 26.8 Å². The minimum absolute atomic E-state index is 0.0254. The zero-order chi connectivity index (χ0) is 26.6. The number of phenols is 2. The first-order valence-electron chi connectivity index (χ1n) is 11.5. The van der Waals surface area contributed by atoms with Crippen molar-refractivity contribution < 1.29 is 33.9 Å². The van der Waals surface area contributed by atoms with E-state index in [1.807, 2.05) is 30.3 Å². The van der Waals surface area contributed by atoms with Gasteiger partial charge in [-0.3, -0.25) is 14.4 Å². The van der Waals surface area contributed by atoms with Gasteiger partial charge >= 0.3 is 0 Å². The van der Waals surface area contributed by atoms with Gasteiger partial charge < -0.3 is 24.8 Å². The fourth-order valence-corrected chi connectivity index (χ4v) is 4.69. The van der Waals surface area contributed by atoms with Crippen molar-refractivity contribution in [2.45, 2.75) is 39.7 Å². The summed E-state index contributed by atoms with van der Waals surface area (Å²) in [5, 5.41) is 28.3. The molecule has 0 fully saturated rings. The molecule has 2 heterocycles. The molecule has 10 heteroatoms. The van der Waals surface area contributed by atoms with Gasteiger partial charge in [-0.25, -0.2) is 0 Å². The van der Waals surface area contributed by atoms with Crippen molar-refractivity contribution >= 4 is 17.3 Å². The van der Waals surface area contributed by atoms with Crippen molar-refractivity contribution in [3.63, 3.8) is 0 Å². The van der Waals surface area contributed by atoms with E-state index in [1.54, 1.807) is 6.92 Å². The van der Waals surface area contributed by atoms with Crippen LogP contribution in [0.5, 0.6) is 17.2 Å². The lowest BCUT2D eigenvalue weighted by molar-refractivity contribution is -0.123. The number of rotatable bonds is 5. The molecule has 2 aliphatic rings. The third-order valence-electron chi connectivity index (χ3n) is 6.76. The van der Waals surface area contributed by atoms with Gasteiger partial charge in [-0.1, -0.05) is 23.4 Å². The first-order chi connectivity index (χ1) is 17.6. The lowest BCUT2D eigenvalue weighted by Gasteiger charge is -2.29. The molecule has 0 saturated heterocycles. The third kappa shape index (κ3) is 3.52. The summed E-state index contributed by atoms with van der Waals surface area (Å²) in [7, 11) is 0. The highest BCUT2D eigenvalue weighted by atomic mass is 16.5. The molecule has 0 saturated carbocycles. The van der Waals surface area contributed by atoms with Crippen LogP contribution in [-0.2, 0) is 21.5 Å². The topological polar surface area (TPSA) is 152 Å². The van der Waals surface area contributed by atoms with Gasteiger partial charge in [0.05, 0.1) is 17.7 Å². The minimum atomic E-state index is -1.58. The van der Waals surface area contributed by atoms with Crippen molar-refractivity contribution in [3.8, 4) is 28.7 Å². The Morgan fingerprint density at radius 1 is 1.11 bits per heavy atom. The Hall–Kier alpha value is -4.73. The van der Waals surface area contributed by atoms with Crippen LogP contribution in [0.4, 0.5) is 0 Å². The number of carbonyl (C=O) groups excluding carboxylic acids is 3. The van der Waals surface area contributed by atoms with Crippen molar-refractivity contribution in [3.05, 3.63) is 76.0 Å². The SMILES string of the molecule is CC(=O)c1c(O)c(C)c(O)c2c1OC1=CC(=O)/C(=C(/C)NCc3noc(-c4ccccc4)n3)C(=O)[C@]12C. The quantitative estimate of drug-likeness (QED) is 0.269. The average Bonchev–Trinajstić information content (AvgIpc) is 3.45. The number of carbonyl (C=O) groups is 3. The summed E-state index contributed by atoms with van der Waals surface area (Å²) in [6.45, 7) is 5.84. The van der Waals surface area contributed by atoms with Crippen LogP contribution in [0.1, 0.15) is 48.1 Å². The second-order valence-corrected chi connectivity index (χ2v) is 9.12. The van der Waals surface area contributed by atoms with Crippen molar-refractivity contribution in [2.24, 2.45) is 0 Å². The smallest absolute Gasteiger partial charge is 0.257 e. The molecule has 0 spiro atoms. The third-order valence-corrected chi connectivity index (χ3v) is 6.76. The number of aromatic hydroxyl groups is 2. The van der Waals surface area contributed by atoms with Gasteiger partial charge in [-0.15, -0.1) is 0 Å². The van der Waals surface area contributed by atoms with Gasteiger partial charge in [0, 0.05) is 22.9 Å². The summed E-state index contributed by atoms with van der Waals surface area (Å²) in [5.74, 6) is -2.04. The zero-order valence-corrected chi connectivity index (χ0v) is 20.5. The normalized spacial score (nSPS) is 19.6. The molecular weight excluding hydrogens is 478 g/mol. The Balaban J connectivity index is 1.51. The molecule has 1 atom stereocenters. The minimum Gasteiger partial charge on any atom is -0.507 e. The van der Waals surface area contributed by atoms with Crippen molar-refractivity contribution in [2.75, 3.05) is 0 Å². The zero-order valence-electron chi connectivity index (χ0n) is 20.5. The van der Waals surface area contributed by atoms with Crippen LogP contribution >= 0.6 is 0 Å². The molecule has 1 aromatic heterocycles. The van der Waals surface area contributed by atoms with Crippen LogP contribution in [0.15, 0.2) is 58.0 Å². The largest absolute Gasteiger partial charge is 0.507 e. The lowest BCUT2D eigenvalue weighted by Crippen LogP contribution is -2.41. The molecule has 1 aliphatic heterocycles. The summed E-state index contributed by atoms with van der Waals surface area (Å²) < 4.78 is 11.1. The molecule has 0 bridgehead atoms. The molecule has 3 aromatic rings. The number of hydrogen-bond donors (Lipinski definition) is 3. The number of ketones is 3. The van der Waals surface area contributed by atoms with Gasteiger partial charge in [-0.05, 0) is 39.8 Å². The van der Waals surface area contributed by atoms with Crippen LogP contribution in [0, 0.1) is 6.92 Å². The number of phenolic OH excluding ortho intramolecular Hbond substituents is 2. The van der Waals surface area contributed by atoms with Gasteiger partial charge in [0.1, 0.15) is 34.0 Å². The molecule has 2 aromatic carbocycles. The number of hydrogen-bond acceptors (Lipinski definition) is 10. The summed E-state index contributed by atoms with van der Waals surface area (Å²) in [5.41, 5.74) is -0.781. The first-order valence-corrected chi connectivity index (χ1v) is 11.5. The number of allylic oxidation sites excluding steroid dienone is 4. The van der Waals surface area contributed by atoms with Gasteiger partial charge in [-0.2, -0.15) is 4.98 Å². The van der Waals surface area contributed by atoms with E-state index in [9.17, 15) is 24.6 Å². The predicted molar refractivity (Wildman–Crippen MR) is 130 cm³/mol. The van der Waals surface area contributed by atoms with E-state index in [-0.39, 0.29) is 51.8 Å². The van der Waals surface area contributed by atoms with Crippen molar-refractivity contribution in [1.82, 2.24) is 15.5 Å². The van der Waals surface area contributed by atoms with Gasteiger partial charge in [0.15, 0.2) is 23.2 Å². The summed E-state index contributed by atoms with van der Waals surface area (Å²) in [6.07, 6.45) is 1.17. The number of nitrogens with one attached hydrogen (secondary N) is 1. The van der Waals surface area contributed by atoms with E-state index in [4.69, 9.17) is 9.26 Å². The fraction of sp³-hybridized carbons (Fsp3) is 0.222. The molecule has 0 unspecified atom stereocenters. The molecule has 10 nitrogen and oxygen atoms in total. The number of fused-ring (bicyclic) bond motifs is 3. The van der Waals surface area contributed by atoms with Crippen LogP contribution < -0.4 is 10.1 Å². The average molecular weight is 501 g/mol. The number of Topliss-reactive ketones (excluding diaryl/α,β-unsaturated/α-hetero) is 2. The highest BCUT2D eigenvalue weighted by Gasteiger charge is 2.56. The lowest BCUT2D eigenvalue weighted by atomic mass is 9.70. The van der Waals surface area contributed by atoms with Crippen LogP contribution in [0.25, 0.3) is 11.5 Å². The number of nitrogens with zero attached hydrogens (tertiary/aromatic N) is 2. The van der Waals surface area contributed by atoms with Crippen LogP contribution in [-0.4, -0.2) is 37.7 Å². The highest BCUT2D eigenvalue weighted by Crippen LogP contribution is 2.57. The molecule has 0 amide bonds. The standard InChI is InChI=1S/C27H23N3O7/c1-12-22(33)20(14(3)31)24-21(23(12)34)27(4)17(36-24)10-16(32)19(25(27)35)13(2)28-11-18-29-26(37-30-18)15-8-6-5-7-9-15/h5-10,28,33-34H,11H2,1-4H3/b19-13+/t27-/m1/s1. The van der Waals surface area contributed by atoms with E-state index in [0.717, 1.165) is 5.56 Å². The number of ether oxygens (including phenoxy) is 1. The summed E-state index contributed by atoms with van der Waals surface area (Å²) in [4.78, 5) is 43.5. The summed E-state index contributed by atoms with van der Waals surface area (Å²) in [6, 6.07) is 9.23. The Labute approximate surface area is 211 Å². The monoisotopic (exact) mass is 501 g/mol. The van der Waals surface area contributed by atoms with Gasteiger partial charge in [0.2, 0.25) is 0 Å².